The zero-order valence-corrected chi connectivity index (χ0v) is 42.4. The predicted octanol–water partition coefficient (Wildman–Crippen LogP) is 15.4. The standard InChI is InChI=1S/2C13H27N.C12H25N.3C2H6.2CH4.3H2S/c2*1-12(2,3)11-9-7-8-10-14(11)13(4,5)6;1-11(2,3)10-8-7-9-13(10)12(4,5)6;3*1-2;;;;;/h2*11H,7-10H2,1-6H3;10H,7-9H2,1-6H3;3*1-2H3;2*1H4;3*1H2. The monoisotopic (exact) mass is 802 g/mol. The van der Waals surface area contributed by atoms with Crippen LogP contribution < -0.4 is 0 Å². The van der Waals surface area contributed by atoms with Crippen LogP contribution in [0.15, 0.2) is 0 Å². The fourth-order valence-corrected chi connectivity index (χ4v) is 7.74. The molecule has 0 aromatic carbocycles. The Labute approximate surface area is 356 Å². The van der Waals surface area contributed by atoms with Crippen molar-refractivity contribution in [3.63, 3.8) is 0 Å². The number of hydrogen-bond donors (Lipinski definition) is 0. The van der Waals surface area contributed by atoms with E-state index < -0.39 is 0 Å². The molecule has 3 unspecified atom stereocenters. The number of piperidine rings is 2. The molecule has 3 aliphatic heterocycles. The van der Waals surface area contributed by atoms with Gasteiger partial charge >= 0.3 is 0 Å². The molecule has 0 saturated carbocycles. The second kappa shape index (κ2) is 31.0. The molecule has 3 heterocycles. The fraction of sp³-hybridized carbons (Fsp3) is 1.00. The van der Waals surface area contributed by atoms with E-state index in [2.05, 4.69) is 139 Å². The lowest BCUT2D eigenvalue weighted by Gasteiger charge is -2.50. The van der Waals surface area contributed by atoms with E-state index in [4.69, 9.17) is 0 Å². The summed E-state index contributed by atoms with van der Waals surface area (Å²) in [6.07, 6.45) is 11.1. The molecule has 0 radical (unpaired) electrons. The molecule has 3 nitrogen and oxygen atoms in total. The van der Waals surface area contributed by atoms with Crippen molar-refractivity contribution >= 4 is 40.5 Å². The van der Waals surface area contributed by atoms with E-state index in [1.54, 1.807) is 0 Å². The van der Waals surface area contributed by atoms with Crippen LogP contribution in [0.4, 0.5) is 0 Å². The molecular formula is C46H111N3S3. The van der Waals surface area contributed by atoms with Gasteiger partial charge in [0.05, 0.1) is 0 Å². The summed E-state index contributed by atoms with van der Waals surface area (Å²) in [7, 11) is 0. The minimum Gasteiger partial charge on any atom is -0.295 e. The number of hydrogen-bond acceptors (Lipinski definition) is 3. The number of likely N-dealkylation sites (tertiary alicyclic amines) is 3. The molecule has 3 aliphatic rings. The number of nitrogens with zero attached hydrogens (tertiary/aromatic N) is 3. The second-order valence-corrected chi connectivity index (χ2v) is 19.9. The van der Waals surface area contributed by atoms with Gasteiger partial charge in [-0.05, 0) is 137 Å². The third-order valence-electron chi connectivity index (χ3n) is 9.84. The first-order chi connectivity index (χ1) is 21.2. The second-order valence-electron chi connectivity index (χ2n) is 19.9. The van der Waals surface area contributed by atoms with Gasteiger partial charge < -0.3 is 0 Å². The molecule has 3 fully saturated rings. The van der Waals surface area contributed by atoms with Gasteiger partial charge in [-0.25, -0.2) is 0 Å². The normalized spacial score (nSPS) is 21.3. The zero-order chi connectivity index (χ0) is 38.2. The number of rotatable bonds is 0. The van der Waals surface area contributed by atoms with Crippen LogP contribution in [0.3, 0.4) is 0 Å². The summed E-state index contributed by atoms with van der Waals surface area (Å²) in [6, 6.07) is 2.29. The Morgan fingerprint density at radius 3 is 0.635 bits per heavy atom. The molecule has 0 amide bonds. The fourth-order valence-electron chi connectivity index (χ4n) is 7.74. The first kappa shape index (κ1) is 70.7. The van der Waals surface area contributed by atoms with Crippen molar-refractivity contribution in [1.82, 2.24) is 14.7 Å². The van der Waals surface area contributed by atoms with Crippen LogP contribution in [0.25, 0.3) is 0 Å². The van der Waals surface area contributed by atoms with Crippen LogP contribution in [0, 0.1) is 16.2 Å². The van der Waals surface area contributed by atoms with Gasteiger partial charge in [-0.2, -0.15) is 40.5 Å². The quantitative estimate of drug-likeness (QED) is 0.242. The smallest absolute Gasteiger partial charge is 0.0149 e. The topological polar surface area (TPSA) is 9.72 Å². The summed E-state index contributed by atoms with van der Waals surface area (Å²) in [5, 5.41) is 0. The van der Waals surface area contributed by atoms with E-state index in [0.29, 0.717) is 32.9 Å². The van der Waals surface area contributed by atoms with Gasteiger partial charge in [0.25, 0.3) is 0 Å². The van der Waals surface area contributed by atoms with E-state index in [1.807, 2.05) is 41.5 Å². The first-order valence-electron chi connectivity index (χ1n) is 20.5. The van der Waals surface area contributed by atoms with Crippen LogP contribution in [-0.2, 0) is 0 Å². The first-order valence-corrected chi connectivity index (χ1v) is 20.5. The van der Waals surface area contributed by atoms with E-state index in [9.17, 15) is 0 Å². The molecule has 0 bridgehead atoms. The molecule has 0 aromatic heterocycles. The average Bonchev–Trinajstić information content (AvgIpc) is 3.48. The molecule has 0 aliphatic carbocycles. The van der Waals surface area contributed by atoms with Crippen LogP contribution in [0.2, 0.25) is 0 Å². The third kappa shape index (κ3) is 26.7. The molecule has 0 aromatic rings. The highest BCUT2D eigenvalue weighted by Crippen LogP contribution is 2.38. The Bertz CT molecular complexity index is 651. The maximum absolute atomic E-state index is 2.70. The lowest BCUT2D eigenvalue weighted by molar-refractivity contribution is -0.00416. The molecule has 6 heteroatoms. The van der Waals surface area contributed by atoms with E-state index in [0.717, 1.165) is 18.1 Å². The van der Waals surface area contributed by atoms with Gasteiger partial charge in [0, 0.05) is 34.7 Å². The van der Waals surface area contributed by atoms with Crippen LogP contribution in [0.1, 0.15) is 232 Å². The van der Waals surface area contributed by atoms with Gasteiger partial charge in [-0.3, -0.25) is 14.7 Å². The molecule has 3 saturated heterocycles. The minimum atomic E-state index is 0. The highest BCUT2D eigenvalue weighted by Gasteiger charge is 2.40. The highest BCUT2D eigenvalue weighted by atomic mass is 32.1. The average molecular weight is 803 g/mol. The third-order valence-corrected chi connectivity index (χ3v) is 9.84. The summed E-state index contributed by atoms with van der Waals surface area (Å²) in [5.41, 5.74) is 2.29. The lowest BCUT2D eigenvalue weighted by Crippen LogP contribution is -2.55. The predicted molar refractivity (Wildman–Crippen MR) is 265 cm³/mol. The van der Waals surface area contributed by atoms with Crippen LogP contribution in [-0.4, -0.2) is 69.1 Å². The van der Waals surface area contributed by atoms with Gasteiger partial charge in [0.1, 0.15) is 0 Å². The SMILES string of the molecule is C.C.CC.CC.CC.CC(C)(C)C1CCCCN1C(C)(C)C.CC(C)(C)C1CCCCN1C(C)(C)C.CC(C)(C)C1CCCN1C(C)(C)C.S.S.S. The van der Waals surface area contributed by atoms with Crippen LogP contribution in [0.5, 0.6) is 0 Å². The summed E-state index contributed by atoms with van der Waals surface area (Å²) in [6.45, 7) is 58.3. The summed E-state index contributed by atoms with van der Waals surface area (Å²) < 4.78 is 0. The van der Waals surface area contributed by atoms with Crippen molar-refractivity contribution in [1.29, 1.82) is 0 Å². The molecule has 0 spiro atoms. The zero-order valence-electron chi connectivity index (χ0n) is 39.4. The van der Waals surface area contributed by atoms with Gasteiger partial charge in [-0.15, -0.1) is 0 Å². The molecular weight excluding hydrogens is 691 g/mol. The summed E-state index contributed by atoms with van der Waals surface area (Å²) in [4.78, 5) is 8.08. The van der Waals surface area contributed by atoms with Crippen molar-refractivity contribution in [3.05, 3.63) is 0 Å². The molecule has 328 valence electrons. The van der Waals surface area contributed by atoms with Gasteiger partial charge in [-0.1, -0.05) is 132 Å². The maximum atomic E-state index is 2.70. The molecule has 52 heavy (non-hydrogen) atoms. The Morgan fingerprint density at radius 1 is 0.308 bits per heavy atom. The maximum Gasteiger partial charge on any atom is 0.0149 e. The van der Waals surface area contributed by atoms with Crippen molar-refractivity contribution < 1.29 is 0 Å². The van der Waals surface area contributed by atoms with Gasteiger partial charge in [0.15, 0.2) is 0 Å². The van der Waals surface area contributed by atoms with E-state index in [-0.39, 0.29) is 55.3 Å². The lowest BCUT2D eigenvalue weighted by atomic mass is 9.78. The summed E-state index contributed by atoms with van der Waals surface area (Å²) in [5.74, 6) is 0. The van der Waals surface area contributed by atoms with Crippen LogP contribution >= 0.6 is 40.5 Å². The summed E-state index contributed by atoms with van der Waals surface area (Å²) >= 11 is 0. The van der Waals surface area contributed by atoms with Crippen molar-refractivity contribution in [2.75, 3.05) is 19.6 Å². The Morgan fingerprint density at radius 2 is 0.481 bits per heavy atom. The molecule has 3 rings (SSSR count). The Kier molecular flexibility index (Phi) is 42.1. The van der Waals surface area contributed by atoms with Gasteiger partial charge in [0.2, 0.25) is 0 Å². The van der Waals surface area contributed by atoms with Crippen molar-refractivity contribution in [3.8, 4) is 0 Å². The molecule has 3 atom stereocenters. The van der Waals surface area contributed by atoms with E-state index >= 15 is 0 Å². The largest absolute Gasteiger partial charge is 0.295 e. The Hall–Kier alpha value is 0.930. The highest BCUT2D eigenvalue weighted by molar-refractivity contribution is 7.59. The minimum absolute atomic E-state index is 0. The molecule has 0 N–H and O–H groups in total. The van der Waals surface area contributed by atoms with Crippen molar-refractivity contribution in [2.45, 2.75) is 267 Å². The van der Waals surface area contributed by atoms with Crippen molar-refractivity contribution in [2.24, 2.45) is 16.2 Å². The Balaban J connectivity index is -0.0000000829. The van der Waals surface area contributed by atoms with E-state index in [1.165, 1.54) is 71.0 Å².